The number of terminal acetylenes is 1. The van der Waals surface area contributed by atoms with E-state index in [4.69, 9.17) is 30.1 Å². The van der Waals surface area contributed by atoms with Crippen LogP contribution in [0.3, 0.4) is 0 Å². The van der Waals surface area contributed by atoms with E-state index in [1.807, 2.05) is 35.9 Å². The third-order valence-corrected chi connectivity index (χ3v) is 9.68. The van der Waals surface area contributed by atoms with E-state index in [2.05, 4.69) is 42.7 Å². The Bertz CT molecular complexity index is 2250. The monoisotopic (exact) mass is 844 g/mol. The summed E-state index contributed by atoms with van der Waals surface area (Å²) in [6.45, 7) is 4.45. The van der Waals surface area contributed by atoms with Crippen LogP contribution < -0.4 is 40.8 Å². The average molecular weight is 845 g/mol. The summed E-state index contributed by atoms with van der Waals surface area (Å²) < 4.78 is 29.9. The molecule has 62 heavy (non-hydrogen) atoms. The van der Waals surface area contributed by atoms with Crippen LogP contribution in [0.15, 0.2) is 97.1 Å². The van der Waals surface area contributed by atoms with Crippen molar-refractivity contribution in [2.45, 2.75) is 25.6 Å². The summed E-state index contributed by atoms with van der Waals surface area (Å²) in [6.07, 6.45) is 6.15. The van der Waals surface area contributed by atoms with Crippen molar-refractivity contribution in [1.82, 2.24) is 36.0 Å². The number of ether oxygens (including phenoxy) is 5. The molecule has 1 aliphatic rings. The van der Waals surface area contributed by atoms with Crippen LogP contribution in [0.1, 0.15) is 56.0 Å². The van der Waals surface area contributed by atoms with Crippen LogP contribution >= 0.6 is 0 Å². The summed E-state index contributed by atoms with van der Waals surface area (Å²) in [4.78, 5) is 38.2. The molecule has 0 radical (unpaired) electrons. The van der Waals surface area contributed by atoms with Gasteiger partial charge in [0.1, 0.15) is 36.3 Å². The van der Waals surface area contributed by atoms with Gasteiger partial charge in [-0.25, -0.2) is 0 Å². The van der Waals surface area contributed by atoms with E-state index < -0.39 is 0 Å². The number of nitrogens with one attached hydrogen (secondary N) is 5. The second kappa shape index (κ2) is 23.9. The lowest BCUT2D eigenvalue weighted by atomic mass is 10.0. The fourth-order valence-corrected chi connectivity index (χ4v) is 6.37. The Morgan fingerprint density at radius 3 is 2.24 bits per heavy atom. The van der Waals surface area contributed by atoms with Crippen molar-refractivity contribution in [3.05, 3.63) is 131 Å². The zero-order valence-electron chi connectivity index (χ0n) is 34.7. The van der Waals surface area contributed by atoms with Gasteiger partial charge < -0.3 is 49.5 Å². The lowest BCUT2D eigenvalue weighted by molar-refractivity contribution is -0.123. The topological polar surface area (TPSA) is 188 Å². The molecule has 1 fully saturated rings. The normalized spacial score (nSPS) is 13.4. The molecule has 5 N–H and O–H groups in total. The lowest BCUT2D eigenvalue weighted by Gasteiger charge is -2.23. The Labute approximate surface area is 361 Å². The molecule has 324 valence electrons. The van der Waals surface area contributed by atoms with Crippen LogP contribution in [0.4, 0.5) is 5.69 Å². The molecule has 1 aromatic heterocycles. The van der Waals surface area contributed by atoms with Crippen LogP contribution in [0.5, 0.6) is 17.2 Å². The zero-order valence-corrected chi connectivity index (χ0v) is 34.7. The minimum atomic E-state index is -0.286. The molecule has 6 rings (SSSR count). The second-order valence-corrected chi connectivity index (χ2v) is 14.1. The molecular formula is C46H52N8O8. The molecule has 0 saturated carbocycles. The van der Waals surface area contributed by atoms with Gasteiger partial charge in [0.25, 0.3) is 11.8 Å². The number of hydrogen-bond acceptors (Lipinski definition) is 13. The van der Waals surface area contributed by atoms with E-state index in [-0.39, 0.29) is 43.4 Å². The first-order chi connectivity index (χ1) is 30.4. The van der Waals surface area contributed by atoms with Crippen molar-refractivity contribution in [3.8, 4) is 29.6 Å². The molecule has 16 heteroatoms. The quantitative estimate of drug-likeness (QED) is 0.0344. The van der Waals surface area contributed by atoms with Crippen molar-refractivity contribution in [3.63, 3.8) is 0 Å². The van der Waals surface area contributed by atoms with Gasteiger partial charge in [-0.05, 0) is 97.4 Å². The molecule has 5 aromatic rings. The van der Waals surface area contributed by atoms with Gasteiger partial charge in [0.2, 0.25) is 0 Å². The number of aromatic nitrogens is 3. The van der Waals surface area contributed by atoms with E-state index in [0.717, 1.165) is 42.5 Å². The molecule has 2 amide bonds. The predicted molar refractivity (Wildman–Crippen MR) is 232 cm³/mol. The number of anilines is 1. The first kappa shape index (κ1) is 44.8. The first-order valence-corrected chi connectivity index (χ1v) is 20.4. The van der Waals surface area contributed by atoms with Crippen LogP contribution in [0, 0.1) is 12.3 Å². The van der Waals surface area contributed by atoms with Gasteiger partial charge >= 0.3 is 0 Å². The maximum Gasteiger partial charge on any atom is 0.258 e. The number of nitrogens with zero attached hydrogens (tertiary/aromatic N) is 3. The molecule has 1 unspecified atom stereocenters. The Morgan fingerprint density at radius 1 is 0.774 bits per heavy atom. The second-order valence-electron chi connectivity index (χ2n) is 14.1. The van der Waals surface area contributed by atoms with Gasteiger partial charge in [0.15, 0.2) is 18.2 Å². The Kier molecular flexibility index (Phi) is 17.2. The highest BCUT2D eigenvalue weighted by Crippen LogP contribution is 2.20. The molecule has 1 atom stereocenters. The third-order valence-electron chi connectivity index (χ3n) is 9.68. The molecule has 1 aliphatic heterocycles. The Morgan fingerprint density at radius 2 is 1.50 bits per heavy atom. The SMILES string of the molecule is C#CCOc1ccc(C(=O)c2ccc(OCCOCCOCCNC(=O)COc3cccc(CNC(=O)c4cccc(NCc5nnc(C6CCNCN6)n5C)c4)c3)cc2)cc1. The maximum absolute atomic E-state index is 13.0. The summed E-state index contributed by atoms with van der Waals surface area (Å²) in [5.74, 6) is 5.23. The van der Waals surface area contributed by atoms with Gasteiger partial charge in [-0.1, -0.05) is 24.1 Å². The highest BCUT2D eigenvalue weighted by atomic mass is 16.5. The maximum atomic E-state index is 13.0. The molecule has 0 bridgehead atoms. The number of benzene rings is 4. The number of carbonyl (C=O) groups excluding carboxylic acids is 3. The van der Waals surface area contributed by atoms with Gasteiger partial charge in [0, 0.05) is 49.2 Å². The molecular weight excluding hydrogens is 793 g/mol. The van der Waals surface area contributed by atoms with Crippen LogP contribution in [0.2, 0.25) is 0 Å². The average Bonchev–Trinajstić information content (AvgIpc) is 3.69. The van der Waals surface area contributed by atoms with Crippen LogP contribution in [-0.4, -0.2) is 98.4 Å². The fraction of sp³-hybridized carbons (Fsp3) is 0.326. The van der Waals surface area contributed by atoms with Gasteiger partial charge in [-0.15, -0.1) is 16.6 Å². The van der Waals surface area contributed by atoms with Crippen LogP contribution in [0.25, 0.3) is 0 Å². The Balaban J connectivity index is 0.791. The number of carbonyl (C=O) groups is 3. The number of hydrogen-bond donors (Lipinski definition) is 5. The fourth-order valence-electron chi connectivity index (χ4n) is 6.37. The summed E-state index contributed by atoms with van der Waals surface area (Å²) in [5.41, 5.74) is 3.21. The highest BCUT2D eigenvalue weighted by molar-refractivity contribution is 6.09. The van der Waals surface area contributed by atoms with E-state index in [9.17, 15) is 14.4 Å². The molecule has 16 nitrogen and oxygen atoms in total. The van der Waals surface area contributed by atoms with E-state index in [0.29, 0.717) is 80.1 Å². The van der Waals surface area contributed by atoms with Crippen molar-refractivity contribution in [2.24, 2.45) is 7.05 Å². The summed E-state index contributed by atoms with van der Waals surface area (Å²) in [5, 5.41) is 24.5. The summed E-state index contributed by atoms with van der Waals surface area (Å²) in [7, 11) is 1.96. The summed E-state index contributed by atoms with van der Waals surface area (Å²) in [6, 6.07) is 28.4. The van der Waals surface area contributed by atoms with Gasteiger partial charge in [-0.2, -0.15) is 0 Å². The van der Waals surface area contributed by atoms with E-state index in [1.54, 1.807) is 72.8 Å². The van der Waals surface area contributed by atoms with Crippen molar-refractivity contribution in [1.29, 1.82) is 0 Å². The smallest absolute Gasteiger partial charge is 0.258 e. The van der Waals surface area contributed by atoms with E-state index >= 15 is 0 Å². The summed E-state index contributed by atoms with van der Waals surface area (Å²) >= 11 is 0. The van der Waals surface area contributed by atoms with Crippen molar-refractivity contribution < 1.29 is 38.1 Å². The first-order valence-electron chi connectivity index (χ1n) is 20.4. The molecule has 4 aromatic carbocycles. The largest absolute Gasteiger partial charge is 0.491 e. The predicted octanol–water partition coefficient (Wildman–Crippen LogP) is 3.79. The molecule has 0 spiro atoms. The number of rotatable bonds is 24. The number of ketones is 1. The minimum Gasteiger partial charge on any atom is -0.491 e. The molecule has 1 saturated heterocycles. The molecule has 0 aliphatic carbocycles. The Hall–Kier alpha value is -6.77. The zero-order chi connectivity index (χ0) is 43.4. The van der Waals surface area contributed by atoms with Gasteiger partial charge in [0.05, 0.1) is 39.0 Å². The third kappa shape index (κ3) is 13.9. The molecule has 2 heterocycles. The minimum absolute atomic E-state index is 0.110. The standard InChI is InChI=1S/C46H52N8O8/c1-3-21-60-38-14-10-34(11-15-38)44(56)35-12-16-39(17-13-35)61-26-25-59-24-23-58-22-20-48-43(55)31-62-40-9-4-6-33(27-40)29-50-46(57)36-7-5-8-37(28-36)49-30-42-52-53-45(54(42)2)41-18-19-47-32-51-41/h1,4-17,27-28,41,47,49,51H,18-26,29-32H2,2H3,(H,48,55)(H,50,57). The highest BCUT2D eigenvalue weighted by Gasteiger charge is 2.21. The van der Waals surface area contributed by atoms with Crippen molar-refractivity contribution >= 4 is 23.3 Å². The van der Waals surface area contributed by atoms with Gasteiger partial charge in [-0.3, -0.25) is 19.7 Å². The lowest BCUT2D eigenvalue weighted by Crippen LogP contribution is -2.40. The number of amides is 2. The van der Waals surface area contributed by atoms with E-state index in [1.165, 1.54) is 0 Å². The van der Waals surface area contributed by atoms with Crippen LogP contribution in [-0.2, 0) is 34.4 Å². The van der Waals surface area contributed by atoms with Crippen molar-refractivity contribution in [2.75, 3.05) is 71.3 Å².